The molecule has 4 rings (SSSR count). The first-order chi connectivity index (χ1) is 15.9. The van der Waals surface area contributed by atoms with Crippen molar-refractivity contribution in [3.8, 4) is 0 Å². The molecular formula is C28H42O6. The molecule has 3 saturated carbocycles. The van der Waals surface area contributed by atoms with Crippen LogP contribution in [-0.4, -0.2) is 46.1 Å². The maximum absolute atomic E-state index is 13.4. The molecule has 6 heteroatoms. The van der Waals surface area contributed by atoms with Crippen LogP contribution in [0, 0.1) is 40.4 Å². The monoisotopic (exact) mass is 474 g/mol. The van der Waals surface area contributed by atoms with Gasteiger partial charge in [-0.25, -0.2) is 0 Å². The van der Waals surface area contributed by atoms with Gasteiger partial charge in [-0.2, -0.15) is 0 Å². The summed E-state index contributed by atoms with van der Waals surface area (Å²) in [4.78, 5) is 37.9. The Labute approximate surface area is 203 Å². The van der Waals surface area contributed by atoms with Crippen molar-refractivity contribution >= 4 is 17.5 Å². The third-order valence-corrected chi connectivity index (χ3v) is 10.4. The van der Waals surface area contributed by atoms with E-state index in [0.717, 1.165) is 25.7 Å². The Morgan fingerprint density at radius 2 is 1.88 bits per heavy atom. The molecule has 34 heavy (non-hydrogen) atoms. The number of rotatable bonds is 6. The summed E-state index contributed by atoms with van der Waals surface area (Å²) in [7, 11) is 0. The summed E-state index contributed by atoms with van der Waals surface area (Å²) in [6, 6.07) is 0. The molecule has 0 bridgehead atoms. The first kappa shape index (κ1) is 25.6. The predicted octanol–water partition coefficient (Wildman–Crippen LogP) is 4.01. The second-order valence-electron chi connectivity index (χ2n) is 12.3. The molecule has 0 radical (unpaired) electrons. The fourth-order valence-electron chi connectivity index (χ4n) is 8.42. The van der Waals surface area contributed by atoms with Crippen molar-refractivity contribution in [2.45, 2.75) is 97.7 Å². The Morgan fingerprint density at radius 3 is 2.53 bits per heavy atom. The van der Waals surface area contributed by atoms with E-state index in [-0.39, 0.29) is 46.8 Å². The van der Waals surface area contributed by atoms with Gasteiger partial charge in [-0.3, -0.25) is 14.4 Å². The number of ether oxygens (including phenoxy) is 1. The molecule has 0 heterocycles. The number of ketones is 2. The van der Waals surface area contributed by atoms with E-state index in [9.17, 15) is 24.6 Å². The molecule has 6 nitrogen and oxygen atoms in total. The quantitative estimate of drug-likeness (QED) is 0.564. The Morgan fingerprint density at radius 1 is 1.18 bits per heavy atom. The Bertz CT molecular complexity index is 891. The highest BCUT2D eigenvalue weighted by atomic mass is 16.5. The van der Waals surface area contributed by atoms with Crippen molar-refractivity contribution in [2.75, 3.05) is 6.61 Å². The number of esters is 1. The first-order valence-electron chi connectivity index (χ1n) is 13.2. The fourth-order valence-corrected chi connectivity index (χ4v) is 8.42. The number of carbonyl (C=O) groups is 3. The van der Waals surface area contributed by atoms with Gasteiger partial charge in [0.2, 0.25) is 5.78 Å². The molecule has 0 aromatic rings. The van der Waals surface area contributed by atoms with Crippen LogP contribution >= 0.6 is 0 Å². The van der Waals surface area contributed by atoms with Gasteiger partial charge in [0.05, 0.1) is 12.0 Å². The molecule has 2 N–H and O–H groups in total. The lowest BCUT2D eigenvalue weighted by Gasteiger charge is -2.60. The molecule has 0 saturated heterocycles. The standard InChI is InChI=1S/C28H42O6/c1-6-19(16(2)3)25(32)34-15-23(31)28(33)12-10-21-20-8-7-17-13-18(29)9-11-26(17,4)24(20)22(30)14-27(21,28)5/h13,16,19-22,24,30,33H,6-12,14-15H2,1-5H3. The molecule has 4 aliphatic rings. The van der Waals surface area contributed by atoms with Gasteiger partial charge in [0, 0.05) is 11.8 Å². The molecule has 0 aromatic heterocycles. The fraction of sp³-hybridized carbons (Fsp3) is 0.821. The zero-order chi connectivity index (χ0) is 25.1. The molecule has 0 spiro atoms. The summed E-state index contributed by atoms with van der Waals surface area (Å²) in [5.74, 6) is -0.454. The second kappa shape index (κ2) is 8.85. The highest BCUT2D eigenvalue weighted by molar-refractivity contribution is 5.92. The highest BCUT2D eigenvalue weighted by Gasteiger charge is 2.68. The molecule has 4 aliphatic carbocycles. The lowest BCUT2D eigenvalue weighted by Crippen LogP contribution is -2.62. The van der Waals surface area contributed by atoms with Crippen LogP contribution in [0.2, 0.25) is 0 Å². The SMILES string of the molecule is CCC(C(=O)OCC(=O)C1(O)CCC2C3CCC4=CC(=O)CCC4(C)C3C(O)CC21C)C(C)C. The van der Waals surface area contributed by atoms with Gasteiger partial charge in [0.15, 0.2) is 12.4 Å². The van der Waals surface area contributed by atoms with Crippen molar-refractivity contribution in [3.05, 3.63) is 11.6 Å². The van der Waals surface area contributed by atoms with Crippen LogP contribution in [-0.2, 0) is 19.1 Å². The van der Waals surface area contributed by atoms with E-state index in [4.69, 9.17) is 4.74 Å². The molecule has 0 amide bonds. The van der Waals surface area contributed by atoms with Crippen LogP contribution in [0.1, 0.15) is 86.0 Å². The Kier molecular flexibility index (Phi) is 6.65. The summed E-state index contributed by atoms with van der Waals surface area (Å²) >= 11 is 0. The summed E-state index contributed by atoms with van der Waals surface area (Å²) in [6.07, 6.45) is 6.16. The third-order valence-electron chi connectivity index (χ3n) is 10.4. The first-order valence-corrected chi connectivity index (χ1v) is 13.2. The van der Waals surface area contributed by atoms with Crippen LogP contribution < -0.4 is 0 Å². The molecule has 3 fully saturated rings. The van der Waals surface area contributed by atoms with Gasteiger partial charge < -0.3 is 14.9 Å². The number of hydrogen-bond donors (Lipinski definition) is 2. The molecular weight excluding hydrogens is 432 g/mol. The van der Waals surface area contributed by atoms with Crippen molar-refractivity contribution in [1.29, 1.82) is 0 Å². The number of aliphatic hydroxyl groups is 2. The number of fused-ring (bicyclic) bond motifs is 5. The normalized spacial score (nSPS) is 42.4. The van der Waals surface area contributed by atoms with E-state index >= 15 is 0 Å². The van der Waals surface area contributed by atoms with Gasteiger partial charge in [-0.15, -0.1) is 0 Å². The van der Waals surface area contributed by atoms with Crippen LogP contribution in [0.4, 0.5) is 0 Å². The predicted molar refractivity (Wildman–Crippen MR) is 128 cm³/mol. The van der Waals surface area contributed by atoms with Crippen LogP contribution in [0.15, 0.2) is 11.6 Å². The maximum Gasteiger partial charge on any atom is 0.309 e. The topological polar surface area (TPSA) is 101 Å². The summed E-state index contributed by atoms with van der Waals surface area (Å²) in [6.45, 7) is 9.57. The molecule has 0 aliphatic heterocycles. The van der Waals surface area contributed by atoms with E-state index in [2.05, 4.69) is 6.92 Å². The van der Waals surface area contributed by atoms with Gasteiger partial charge in [-0.1, -0.05) is 40.2 Å². The maximum atomic E-state index is 13.4. The van der Waals surface area contributed by atoms with Crippen molar-refractivity contribution in [2.24, 2.45) is 40.4 Å². The van der Waals surface area contributed by atoms with Crippen molar-refractivity contribution in [3.63, 3.8) is 0 Å². The molecule has 8 atom stereocenters. The second-order valence-corrected chi connectivity index (χ2v) is 12.3. The lowest BCUT2D eigenvalue weighted by atomic mass is 9.45. The minimum atomic E-state index is -1.61. The zero-order valence-electron chi connectivity index (χ0n) is 21.4. The largest absolute Gasteiger partial charge is 0.457 e. The number of allylic oxidation sites excluding steroid dienone is 1. The minimum absolute atomic E-state index is 0.0327. The van der Waals surface area contributed by atoms with E-state index < -0.39 is 29.5 Å². The van der Waals surface area contributed by atoms with Crippen LogP contribution in [0.5, 0.6) is 0 Å². The Hall–Kier alpha value is -1.53. The average Bonchev–Trinajstić information content (AvgIpc) is 3.03. The van der Waals surface area contributed by atoms with E-state index in [1.165, 1.54) is 5.57 Å². The number of hydrogen-bond acceptors (Lipinski definition) is 6. The number of aliphatic hydroxyl groups excluding tert-OH is 1. The molecule has 190 valence electrons. The van der Waals surface area contributed by atoms with E-state index in [1.54, 1.807) is 0 Å². The summed E-state index contributed by atoms with van der Waals surface area (Å²) in [5, 5.41) is 23.2. The smallest absolute Gasteiger partial charge is 0.309 e. The van der Waals surface area contributed by atoms with Gasteiger partial charge in [0.1, 0.15) is 5.60 Å². The van der Waals surface area contributed by atoms with Gasteiger partial charge in [-0.05, 0) is 80.1 Å². The minimum Gasteiger partial charge on any atom is -0.457 e. The van der Waals surface area contributed by atoms with Crippen molar-refractivity contribution < 1.29 is 29.3 Å². The van der Waals surface area contributed by atoms with E-state index in [1.807, 2.05) is 33.8 Å². The summed E-state index contributed by atoms with van der Waals surface area (Å²) in [5.41, 5.74) is -1.41. The number of carbonyl (C=O) groups excluding carboxylic acids is 3. The number of Topliss-reactive ketones (excluding diaryl/α,β-unsaturated/α-hetero) is 1. The Balaban J connectivity index is 1.55. The molecule has 8 unspecified atom stereocenters. The van der Waals surface area contributed by atoms with Crippen LogP contribution in [0.25, 0.3) is 0 Å². The highest BCUT2D eigenvalue weighted by Crippen LogP contribution is 2.67. The van der Waals surface area contributed by atoms with Gasteiger partial charge in [0.25, 0.3) is 0 Å². The summed E-state index contributed by atoms with van der Waals surface area (Å²) < 4.78 is 5.40. The van der Waals surface area contributed by atoms with Gasteiger partial charge >= 0.3 is 5.97 Å². The van der Waals surface area contributed by atoms with E-state index in [0.29, 0.717) is 25.7 Å². The third kappa shape index (κ3) is 3.71. The lowest BCUT2D eigenvalue weighted by molar-refractivity contribution is -0.185. The van der Waals surface area contributed by atoms with Crippen LogP contribution in [0.3, 0.4) is 0 Å². The molecule has 0 aromatic carbocycles. The zero-order valence-corrected chi connectivity index (χ0v) is 21.4. The van der Waals surface area contributed by atoms with Crippen molar-refractivity contribution in [1.82, 2.24) is 0 Å². The average molecular weight is 475 g/mol.